The summed E-state index contributed by atoms with van der Waals surface area (Å²) in [6, 6.07) is 0. The Morgan fingerprint density at radius 2 is 2.18 bits per heavy atom. The van der Waals surface area contributed by atoms with E-state index in [0.717, 1.165) is 6.42 Å². The Morgan fingerprint density at radius 3 is 2.76 bits per heavy atom. The van der Waals surface area contributed by atoms with Crippen molar-refractivity contribution in [3.05, 3.63) is 11.8 Å². The van der Waals surface area contributed by atoms with Gasteiger partial charge in [0.2, 0.25) is 11.8 Å². The lowest BCUT2D eigenvalue weighted by Gasteiger charge is -2.23. The zero-order chi connectivity index (χ0) is 12.3. The number of hydrogen-bond acceptors (Lipinski definition) is 4. The molecule has 17 heavy (non-hydrogen) atoms. The van der Waals surface area contributed by atoms with E-state index in [-0.39, 0.29) is 12.3 Å². The summed E-state index contributed by atoms with van der Waals surface area (Å²) in [4.78, 5) is 10.5. The average molecular weight is 238 g/mol. The van der Waals surface area contributed by atoms with Gasteiger partial charge in [0, 0.05) is 19.3 Å². The van der Waals surface area contributed by atoms with E-state index in [1.807, 2.05) is 6.92 Å². The Kier molecular flexibility index (Phi) is 3.76. The maximum absolute atomic E-state index is 10.5. The van der Waals surface area contributed by atoms with Gasteiger partial charge in [-0.05, 0) is 24.7 Å². The largest absolute Gasteiger partial charge is 0.481 e. The fourth-order valence-corrected chi connectivity index (χ4v) is 2.07. The van der Waals surface area contributed by atoms with E-state index in [0.29, 0.717) is 24.1 Å². The minimum Gasteiger partial charge on any atom is -0.481 e. The van der Waals surface area contributed by atoms with Gasteiger partial charge in [-0.2, -0.15) is 0 Å². The molecule has 0 aromatic carbocycles. The number of hydrogen-bond donors (Lipinski definition) is 1. The van der Waals surface area contributed by atoms with Gasteiger partial charge in [0.05, 0.1) is 0 Å². The molecule has 5 nitrogen and oxygen atoms in total. The number of carboxylic acids is 1. The summed E-state index contributed by atoms with van der Waals surface area (Å²) in [6.45, 7) is 1.88. The molecule has 1 heterocycles. The topological polar surface area (TPSA) is 76.2 Å². The highest BCUT2D eigenvalue weighted by molar-refractivity contribution is 5.66. The summed E-state index contributed by atoms with van der Waals surface area (Å²) in [5.74, 6) is 1.22. The van der Waals surface area contributed by atoms with E-state index in [2.05, 4.69) is 10.2 Å². The van der Waals surface area contributed by atoms with Gasteiger partial charge in [0.15, 0.2) is 0 Å². The highest BCUT2D eigenvalue weighted by atomic mass is 16.4. The molecule has 0 amide bonds. The molecule has 94 valence electrons. The first-order valence-corrected chi connectivity index (χ1v) is 6.16. The smallest absolute Gasteiger partial charge is 0.303 e. The van der Waals surface area contributed by atoms with E-state index in [4.69, 9.17) is 9.52 Å². The van der Waals surface area contributed by atoms with Crippen LogP contribution in [0.1, 0.15) is 44.4 Å². The first kappa shape index (κ1) is 12.1. The van der Waals surface area contributed by atoms with E-state index in [1.165, 1.54) is 19.3 Å². The van der Waals surface area contributed by atoms with Gasteiger partial charge in [0.25, 0.3) is 0 Å². The van der Waals surface area contributed by atoms with Crippen LogP contribution in [-0.2, 0) is 17.6 Å². The van der Waals surface area contributed by atoms with E-state index >= 15 is 0 Å². The van der Waals surface area contributed by atoms with Crippen LogP contribution in [0.25, 0.3) is 0 Å². The number of rotatable bonds is 6. The molecule has 1 saturated carbocycles. The molecule has 2 rings (SSSR count). The molecule has 5 heteroatoms. The second kappa shape index (κ2) is 5.29. The van der Waals surface area contributed by atoms with E-state index < -0.39 is 5.97 Å². The summed E-state index contributed by atoms with van der Waals surface area (Å²) in [5, 5.41) is 16.6. The first-order valence-electron chi connectivity index (χ1n) is 6.16. The minimum atomic E-state index is -0.785. The predicted octanol–water partition coefficient (Wildman–Crippen LogP) is 2.07. The average Bonchev–Trinajstić information content (AvgIpc) is 2.57. The van der Waals surface area contributed by atoms with Gasteiger partial charge < -0.3 is 9.52 Å². The summed E-state index contributed by atoms with van der Waals surface area (Å²) < 4.78 is 5.53. The number of aliphatic carboxylic acids is 1. The Labute approximate surface area is 100 Å². The third kappa shape index (κ3) is 3.54. The summed E-state index contributed by atoms with van der Waals surface area (Å²) in [7, 11) is 0. The van der Waals surface area contributed by atoms with E-state index in [9.17, 15) is 4.79 Å². The molecule has 0 aliphatic heterocycles. The summed E-state index contributed by atoms with van der Waals surface area (Å²) in [6.07, 6.45) is 5.38. The van der Waals surface area contributed by atoms with Crippen LogP contribution in [0.3, 0.4) is 0 Å². The highest BCUT2D eigenvalue weighted by Crippen LogP contribution is 2.29. The lowest BCUT2D eigenvalue weighted by atomic mass is 9.83. The second-order valence-electron chi connectivity index (χ2n) is 5.00. The molecule has 1 fully saturated rings. The van der Waals surface area contributed by atoms with Crippen molar-refractivity contribution < 1.29 is 14.3 Å². The molecule has 1 N–H and O–H groups in total. The van der Waals surface area contributed by atoms with Crippen LogP contribution in [0, 0.1) is 11.8 Å². The van der Waals surface area contributed by atoms with Crippen LogP contribution >= 0.6 is 0 Å². The quantitative estimate of drug-likeness (QED) is 0.821. The molecule has 0 bridgehead atoms. The lowest BCUT2D eigenvalue weighted by Crippen LogP contribution is -2.13. The molecular formula is C12H18N2O3. The van der Waals surface area contributed by atoms with Crippen molar-refractivity contribution in [3.8, 4) is 0 Å². The van der Waals surface area contributed by atoms with Gasteiger partial charge in [0.1, 0.15) is 0 Å². The minimum absolute atomic E-state index is 0.0319. The number of carbonyl (C=O) groups is 1. The maximum atomic E-state index is 10.5. The Balaban J connectivity index is 1.82. The molecule has 1 aromatic heterocycles. The number of nitrogens with zero attached hydrogens (tertiary/aromatic N) is 2. The van der Waals surface area contributed by atoms with Gasteiger partial charge in [-0.3, -0.25) is 4.79 Å². The number of carboxylic acid groups (broad SMARTS) is 1. The normalized spacial score (nSPS) is 17.7. The van der Waals surface area contributed by atoms with Crippen LogP contribution in [0.5, 0.6) is 0 Å². The van der Waals surface area contributed by atoms with Crippen LogP contribution in [0.2, 0.25) is 0 Å². The Bertz CT molecular complexity index is 385. The van der Waals surface area contributed by atoms with Crippen molar-refractivity contribution in [2.24, 2.45) is 11.8 Å². The number of aromatic nitrogens is 2. The first-order chi connectivity index (χ1) is 8.13. The third-order valence-electron chi connectivity index (χ3n) is 3.24. The predicted molar refractivity (Wildman–Crippen MR) is 60.5 cm³/mol. The molecule has 1 aromatic rings. The lowest BCUT2D eigenvalue weighted by molar-refractivity contribution is -0.137. The third-order valence-corrected chi connectivity index (χ3v) is 3.24. The maximum Gasteiger partial charge on any atom is 0.303 e. The molecule has 1 atom stereocenters. The van der Waals surface area contributed by atoms with Crippen molar-refractivity contribution >= 4 is 5.97 Å². The summed E-state index contributed by atoms with van der Waals surface area (Å²) in [5.41, 5.74) is 0. The van der Waals surface area contributed by atoms with Gasteiger partial charge in [-0.25, -0.2) is 0 Å². The monoisotopic (exact) mass is 238 g/mol. The van der Waals surface area contributed by atoms with Crippen LogP contribution < -0.4 is 0 Å². The zero-order valence-electron chi connectivity index (χ0n) is 10.1. The van der Waals surface area contributed by atoms with Gasteiger partial charge in [-0.15, -0.1) is 10.2 Å². The van der Waals surface area contributed by atoms with Crippen LogP contribution in [-0.4, -0.2) is 21.3 Å². The Hall–Kier alpha value is -1.39. The van der Waals surface area contributed by atoms with E-state index in [1.54, 1.807) is 0 Å². The fourth-order valence-electron chi connectivity index (χ4n) is 2.07. The summed E-state index contributed by atoms with van der Waals surface area (Å²) >= 11 is 0. The molecule has 1 aliphatic rings. The SMILES string of the molecule is CC(CC(=O)O)Cc1nnc(CC2CCC2)o1. The molecule has 0 spiro atoms. The molecule has 1 aliphatic carbocycles. The van der Waals surface area contributed by atoms with Crippen molar-refractivity contribution in [2.75, 3.05) is 0 Å². The molecule has 0 saturated heterocycles. The van der Waals surface area contributed by atoms with Gasteiger partial charge >= 0.3 is 5.97 Å². The molecule has 0 radical (unpaired) electrons. The molecular weight excluding hydrogens is 220 g/mol. The highest BCUT2D eigenvalue weighted by Gasteiger charge is 2.21. The van der Waals surface area contributed by atoms with Crippen molar-refractivity contribution in [1.29, 1.82) is 0 Å². The standard InChI is InChI=1S/C12H18N2O3/c1-8(6-12(15)16)5-10-13-14-11(17-10)7-9-3-2-4-9/h8-9H,2-7H2,1H3,(H,15,16). The van der Waals surface area contributed by atoms with Crippen LogP contribution in [0.4, 0.5) is 0 Å². The van der Waals surface area contributed by atoms with Crippen molar-refractivity contribution in [3.63, 3.8) is 0 Å². The van der Waals surface area contributed by atoms with Crippen molar-refractivity contribution in [2.45, 2.75) is 45.4 Å². The second-order valence-corrected chi connectivity index (χ2v) is 5.00. The van der Waals surface area contributed by atoms with Gasteiger partial charge in [-0.1, -0.05) is 13.3 Å². The fraction of sp³-hybridized carbons (Fsp3) is 0.750. The van der Waals surface area contributed by atoms with Crippen LogP contribution in [0.15, 0.2) is 4.42 Å². The molecule has 1 unspecified atom stereocenters. The Morgan fingerprint density at radius 1 is 1.47 bits per heavy atom. The van der Waals surface area contributed by atoms with Crippen molar-refractivity contribution in [1.82, 2.24) is 10.2 Å². The zero-order valence-corrected chi connectivity index (χ0v) is 10.1.